The van der Waals surface area contributed by atoms with E-state index < -0.39 is 0 Å². The molecule has 1 atom stereocenters. The molecule has 3 rings (SSSR count). The Balaban J connectivity index is 1.91. The maximum absolute atomic E-state index is 12.6. The lowest BCUT2D eigenvalue weighted by atomic mass is 10.0. The number of carbonyl (C=O) groups excluding carboxylic acids is 1. The van der Waals surface area contributed by atoms with Gasteiger partial charge in [0.2, 0.25) is 0 Å². The second kappa shape index (κ2) is 5.92. The molecule has 2 aromatic rings. The van der Waals surface area contributed by atoms with Crippen LogP contribution in [0.25, 0.3) is 12.2 Å². The quantitative estimate of drug-likeness (QED) is 0.721. The van der Waals surface area contributed by atoms with Gasteiger partial charge in [-0.15, -0.1) is 0 Å². The first-order valence-electron chi connectivity index (χ1n) is 7.31. The molecule has 0 spiro atoms. The van der Waals surface area contributed by atoms with Crippen molar-refractivity contribution in [1.29, 1.82) is 0 Å². The van der Waals surface area contributed by atoms with Crippen LogP contribution in [0, 0.1) is 5.92 Å². The molecule has 104 valence electrons. The van der Waals surface area contributed by atoms with Crippen molar-refractivity contribution >= 4 is 17.9 Å². The van der Waals surface area contributed by atoms with Crippen LogP contribution >= 0.6 is 0 Å². The van der Waals surface area contributed by atoms with Crippen LogP contribution in [-0.2, 0) is 4.79 Å². The van der Waals surface area contributed by atoms with Crippen LogP contribution in [0.4, 0.5) is 0 Å². The predicted octanol–water partition coefficient (Wildman–Crippen LogP) is 4.76. The van der Waals surface area contributed by atoms with Crippen LogP contribution in [0.15, 0.2) is 71.8 Å². The van der Waals surface area contributed by atoms with Gasteiger partial charge in [0.15, 0.2) is 5.78 Å². The van der Waals surface area contributed by atoms with Crippen LogP contribution in [-0.4, -0.2) is 5.78 Å². The predicted molar refractivity (Wildman–Crippen MR) is 87.6 cm³/mol. The molecule has 1 aliphatic rings. The maximum Gasteiger partial charge on any atom is 0.185 e. The molecule has 0 unspecified atom stereocenters. The molecule has 1 aliphatic carbocycles. The minimum Gasteiger partial charge on any atom is -0.289 e. The molecule has 1 saturated carbocycles. The second-order valence-electron chi connectivity index (χ2n) is 5.52. The fourth-order valence-electron chi connectivity index (χ4n) is 2.75. The molecule has 0 bridgehead atoms. The molecular formula is C20H18O. The van der Waals surface area contributed by atoms with Gasteiger partial charge in [0.05, 0.1) is 0 Å². The highest BCUT2D eigenvalue weighted by Crippen LogP contribution is 2.34. The molecule has 1 fully saturated rings. The Labute approximate surface area is 125 Å². The minimum atomic E-state index is 0.190. The van der Waals surface area contributed by atoms with E-state index in [0.717, 1.165) is 28.7 Å². The maximum atomic E-state index is 12.6. The zero-order chi connectivity index (χ0) is 14.7. The zero-order valence-electron chi connectivity index (χ0n) is 12.1. The van der Waals surface area contributed by atoms with Crippen molar-refractivity contribution in [3.05, 3.63) is 82.9 Å². The molecule has 0 aromatic heterocycles. The molecule has 0 heterocycles. The van der Waals surface area contributed by atoms with E-state index in [-0.39, 0.29) is 11.7 Å². The first-order chi connectivity index (χ1) is 10.2. The summed E-state index contributed by atoms with van der Waals surface area (Å²) in [6, 6.07) is 20.1. The van der Waals surface area contributed by atoms with Gasteiger partial charge in [0, 0.05) is 11.1 Å². The third-order valence-electron chi connectivity index (χ3n) is 3.87. The van der Waals surface area contributed by atoms with E-state index in [2.05, 4.69) is 6.92 Å². The lowest BCUT2D eigenvalue weighted by Crippen LogP contribution is -1.98. The number of rotatable bonds is 2. The first-order valence-corrected chi connectivity index (χ1v) is 7.31. The standard InChI is InChI=1S/C20H18O/c1-15-12-18(13-16-8-4-2-5-9-16)20(21)19(15)14-17-10-6-3-7-11-17/h2-11,13-15H,12H2,1H3/b18-13-,19-14+/t15-/m1/s1. The number of carbonyl (C=O) groups is 1. The van der Waals surface area contributed by atoms with E-state index in [9.17, 15) is 4.79 Å². The van der Waals surface area contributed by atoms with Crippen LogP contribution in [0.3, 0.4) is 0 Å². The van der Waals surface area contributed by atoms with Crippen LogP contribution in [0.2, 0.25) is 0 Å². The average molecular weight is 274 g/mol. The molecule has 1 heteroatoms. The van der Waals surface area contributed by atoms with Crippen molar-refractivity contribution in [3.63, 3.8) is 0 Å². The normalized spacial score (nSPS) is 22.1. The molecule has 2 aromatic carbocycles. The summed E-state index contributed by atoms with van der Waals surface area (Å²) in [4.78, 5) is 12.6. The van der Waals surface area contributed by atoms with Gasteiger partial charge in [-0.25, -0.2) is 0 Å². The Kier molecular flexibility index (Phi) is 3.83. The molecule has 0 saturated heterocycles. The lowest BCUT2D eigenvalue weighted by Gasteiger charge is -2.01. The molecule has 0 N–H and O–H groups in total. The SMILES string of the molecule is C[C@@H]1C/C(=C/c2ccccc2)C(=O)/C1=C/c1ccccc1. The molecule has 0 amide bonds. The highest BCUT2D eigenvalue weighted by molar-refractivity contribution is 6.16. The fraction of sp³-hybridized carbons (Fsp3) is 0.150. The van der Waals surface area contributed by atoms with Crippen molar-refractivity contribution in [2.75, 3.05) is 0 Å². The number of hydrogen-bond donors (Lipinski definition) is 0. The topological polar surface area (TPSA) is 17.1 Å². The largest absolute Gasteiger partial charge is 0.289 e. The van der Waals surface area contributed by atoms with Crippen molar-refractivity contribution in [3.8, 4) is 0 Å². The summed E-state index contributed by atoms with van der Waals surface area (Å²) in [5.41, 5.74) is 4.02. The smallest absolute Gasteiger partial charge is 0.185 e. The second-order valence-corrected chi connectivity index (χ2v) is 5.52. The van der Waals surface area contributed by atoms with Gasteiger partial charge in [-0.2, -0.15) is 0 Å². The Bertz CT molecular complexity index is 693. The van der Waals surface area contributed by atoms with Gasteiger partial charge >= 0.3 is 0 Å². The summed E-state index contributed by atoms with van der Waals surface area (Å²) in [5.74, 6) is 0.475. The van der Waals surface area contributed by atoms with Crippen LogP contribution in [0.1, 0.15) is 24.5 Å². The third-order valence-corrected chi connectivity index (χ3v) is 3.87. The molecular weight excluding hydrogens is 256 g/mol. The number of Topliss-reactive ketones (excluding diaryl/α,β-unsaturated/α-hetero) is 1. The lowest BCUT2D eigenvalue weighted by molar-refractivity contribution is -0.111. The van der Waals surface area contributed by atoms with E-state index >= 15 is 0 Å². The Hall–Kier alpha value is -2.41. The third kappa shape index (κ3) is 3.03. The zero-order valence-corrected chi connectivity index (χ0v) is 12.1. The first kappa shape index (κ1) is 13.6. The Morgan fingerprint density at radius 3 is 1.95 bits per heavy atom. The molecule has 0 radical (unpaired) electrons. The van der Waals surface area contributed by atoms with E-state index in [1.165, 1.54) is 0 Å². The summed E-state index contributed by atoms with van der Waals surface area (Å²) >= 11 is 0. The summed E-state index contributed by atoms with van der Waals surface area (Å²) in [7, 11) is 0. The summed E-state index contributed by atoms with van der Waals surface area (Å²) in [5, 5.41) is 0. The van der Waals surface area contributed by atoms with Gasteiger partial charge in [-0.05, 0) is 35.6 Å². The Morgan fingerprint density at radius 1 is 0.857 bits per heavy atom. The summed E-state index contributed by atoms with van der Waals surface area (Å²) in [6.07, 6.45) is 4.87. The van der Waals surface area contributed by atoms with Gasteiger partial charge in [0.25, 0.3) is 0 Å². The van der Waals surface area contributed by atoms with Gasteiger partial charge < -0.3 is 0 Å². The summed E-state index contributed by atoms with van der Waals surface area (Å²) in [6.45, 7) is 2.12. The number of hydrogen-bond acceptors (Lipinski definition) is 1. The molecule has 21 heavy (non-hydrogen) atoms. The monoisotopic (exact) mass is 274 g/mol. The van der Waals surface area contributed by atoms with Crippen molar-refractivity contribution in [1.82, 2.24) is 0 Å². The minimum absolute atomic E-state index is 0.190. The number of allylic oxidation sites excluding steroid dienone is 2. The average Bonchev–Trinajstić information content (AvgIpc) is 2.77. The van der Waals surface area contributed by atoms with Crippen molar-refractivity contribution < 1.29 is 4.79 Å². The van der Waals surface area contributed by atoms with Crippen molar-refractivity contribution in [2.24, 2.45) is 5.92 Å². The number of benzene rings is 2. The van der Waals surface area contributed by atoms with E-state index in [4.69, 9.17) is 0 Å². The highest BCUT2D eigenvalue weighted by atomic mass is 16.1. The highest BCUT2D eigenvalue weighted by Gasteiger charge is 2.29. The van der Waals surface area contributed by atoms with Crippen LogP contribution < -0.4 is 0 Å². The fourth-order valence-corrected chi connectivity index (χ4v) is 2.75. The Morgan fingerprint density at radius 2 is 1.38 bits per heavy atom. The van der Waals surface area contributed by atoms with Gasteiger partial charge in [0.1, 0.15) is 0 Å². The van der Waals surface area contributed by atoms with E-state index in [1.807, 2.05) is 72.8 Å². The van der Waals surface area contributed by atoms with Gasteiger partial charge in [-0.1, -0.05) is 67.6 Å². The van der Waals surface area contributed by atoms with Crippen molar-refractivity contribution in [2.45, 2.75) is 13.3 Å². The van der Waals surface area contributed by atoms with E-state index in [0.29, 0.717) is 0 Å². The molecule has 1 nitrogen and oxygen atoms in total. The summed E-state index contributed by atoms with van der Waals surface area (Å²) < 4.78 is 0. The van der Waals surface area contributed by atoms with Crippen LogP contribution in [0.5, 0.6) is 0 Å². The van der Waals surface area contributed by atoms with E-state index in [1.54, 1.807) is 0 Å². The molecule has 0 aliphatic heterocycles. The number of ketones is 1. The van der Waals surface area contributed by atoms with Gasteiger partial charge in [-0.3, -0.25) is 4.79 Å².